The Morgan fingerprint density at radius 3 is 2.41 bits per heavy atom. The molecule has 0 aliphatic rings. The molecule has 0 aliphatic carbocycles. The number of nitrogens with zero attached hydrogens (tertiary/aromatic N) is 3. The summed E-state index contributed by atoms with van der Waals surface area (Å²) in [6.07, 6.45) is 1.73. The fraction of sp³-hybridized carbons (Fsp3) is 0.227. The molecule has 0 amide bonds. The number of halogens is 1. The van der Waals surface area contributed by atoms with E-state index in [1.807, 2.05) is 54.6 Å². The average Bonchev–Trinajstić information content (AvgIpc) is 3.41. The molecule has 2 aromatic heterocycles. The van der Waals surface area contributed by atoms with Gasteiger partial charge in [-0.05, 0) is 12.0 Å². The molecule has 0 saturated heterocycles. The van der Waals surface area contributed by atoms with Crippen LogP contribution < -0.4 is 0 Å². The van der Waals surface area contributed by atoms with E-state index in [9.17, 15) is 5.11 Å². The van der Waals surface area contributed by atoms with Crippen molar-refractivity contribution in [2.45, 2.75) is 24.6 Å². The summed E-state index contributed by atoms with van der Waals surface area (Å²) in [5, 5.41) is 17.6. The summed E-state index contributed by atoms with van der Waals surface area (Å²) in [5.74, 6) is 1.56. The number of aromatic nitrogens is 3. The van der Waals surface area contributed by atoms with Crippen LogP contribution in [0.3, 0.4) is 0 Å². The van der Waals surface area contributed by atoms with E-state index >= 15 is 0 Å². The summed E-state index contributed by atoms with van der Waals surface area (Å²) in [4.78, 5) is 4.44. The monoisotopic (exact) mass is 453 g/mol. The van der Waals surface area contributed by atoms with Gasteiger partial charge in [0.05, 0.1) is 11.4 Å². The minimum Gasteiger partial charge on any atom is -0.395 e. The van der Waals surface area contributed by atoms with Crippen molar-refractivity contribution in [2.24, 2.45) is 0 Å². The quantitative estimate of drug-likeness (QED) is 0.375. The lowest BCUT2D eigenvalue weighted by Crippen LogP contribution is -1.95. The van der Waals surface area contributed by atoms with Crippen LogP contribution in [0.4, 0.5) is 0 Å². The molecule has 29 heavy (non-hydrogen) atoms. The molecule has 0 fully saturated rings. The van der Waals surface area contributed by atoms with E-state index in [1.165, 1.54) is 0 Å². The molecule has 2 heterocycles. The predicted molar refractivity (Wildman–Crippen MR) is 113 cm³/mol. The van der Waals surface area contributed by atoms with Crippen molar-refractivity contribution >= 4 is 15.9 Å². The van der Waals surface area contributed by atoms with E-state index in [4.69, 9.17) is 9.05 Å². The summed E-state index contributed by atoms with van der Waals surface area (Å²) in [5.41, 5.74) is 4.33. The Kier molecular flexibility index (Phi) is 5.87. The van der Waals surface area contributed by atoms with Gasteiger partial charge in [-0.1, -0.05) is 94.2 Å². The zero-order valence-corrected chi connectivity index (χ0v) is 17.5. The van der Waals surface area contributed by atoms with E-state index in [0.29, 0.717) is 17.4 Å². The number of alkyl halides is 1. The van der Waals surface area contributed by atoms with Gasteiger partial charge in [0.2, 0.25) is 5.82 Å². The number of aliphatic hydroxyl groups excluding tert-OH is 1. The van der Waals surface area contributed by atoms with Gasteiger partial charge >= 0.3 is 0 Å². The van der Waals surface area contributed by atoms with Crippen LogP contribution in [0.25, 0.3) is 34.3 Å². The molecule has 1 atom stereocenters. The van der Waals surface area contributed by atoms with Gasteiger partial charge in [-0.25, -0.2) is 0 Å². The molecule has 4 aromatic rings. The highest BCUT2D eigenvalue weighted by molar-refractivity contribution is 9.09. The molecular formula is C22H20BrN3O3. The van der Waals surface area contributed by atoms with E-state index in [-0.39, 0.29) is 11.4 Å². The van der Waals surface area contributed by atoms with Gasteiger partial charge in [0.15, 0.2) is 11.5 Å². The van der Waals surface area contributed by atoms with Gasteiger partial charge < -0.3 is 14.2 Å². The molecule has 6 nitrogen and oxygen atoms in total. The smallest absolute Gasteiger partial charge is 0.280 e. The minimum atomic E-state index is -0.0967. The van der Waals surface area contributed by atoms with Crippen LogP contribution in [0.15, 0.2) is 63.6 Å². The molecule has 0 spiro atoms. The maximum absolute atomic E-state index is 9.26. The van der Waals surface area contributed by atoms with Crippen molar-refractivity contribution in [1.29, 1.82) is 0 Å². The summed E-state index contributed by atoms with van der Waals surface area (Å²) >= 11 is 3.43. The first-order chi connectivity index (χ1) is 14.2. The minimum absolute atomic E-state index is 0.0296. The highest BCUT2D eigenvalue weighted by Gasteiger charge is 2.23. The third kappa shape index (κ3) is 4.02. The topological polar surface area (TPSA) is 85.2 Å². The standard InChI is InChI=1S/C22H20BrN3O3/c1-2-6-17-19(25-28-20(17)15-7-4-3-5-8-15)22-24-21(26-29-22)16-11-9-14(10-12-16)18(23)13-27/h3-5,7-12,18,27H,2,6,13H2,1H3. The molecule has 4 rings (SSSR count). The predicted octanol–water partition coefficient (Wildman–Crippen LogP) is 5.44. The lowest BCUT2D eigenvalue weighted by Gasteiger charge is -2.06. The normalized spacial score (nSPS) is 12.2. The molecule has 1 unspecified atom stereocenters. The fourth-order valence-corrected chi connectivity index (χ4v) is 3.46. The van der Waals surface area contributed by atoms with Gasteiger partial charge in [0.1, 0.15) is 0 Å². The van der Waals surface area contributed by atoms with E-state index in [2.05, 4.69) is 38.2 Å². The molecule has 0 saturated carbocycles. The van der Waals surface area contributed by atoms with Crippen LogP contribution in [0.2, 0.25) is 0 Å². The second kappa shape index (κ2) is 8.71. The Bertz CT molecular complexity index is 1070. The van der Waals surface area contributed by atoms with Crippen molar-refractivity contribution < 1.29 is 14.2 Å². The Labute approximate surface area is 176 Å². The van der Waals surface area contributed by atoms with Crippen molar-refractivity contribution in [3.63, 3.8) is 0 Å². The zero-order valence-electron chi connectivity index (χ0n) is 15.9. The van der Waals surface area contributed by atoms with Crippen molar-refractivity contribution in [3.05, 3.63) is 65.7 Å². The number of aliphatic hydroxyl groups is 1. The van der Waals surface area contributed by atoms with Gasteiger partial charge in [-0.2, -0.15) is 4.98 Å². The molecule has 7 heteroatoms. The van der Waals surface area contributed by atoms with Crippen LogP contribution in [0, 0.1) is 0 Å². The number of benzene rings is 2. The SMILES string of the molecule is CCCc1c(-c2nc(-c3ccc(C(Br)CO)cc3)no2)noc1-c1ccccc1. The second-order valence-corrected chi connectivity index (χ2v) is 7.76. The highest BCUT2D eigenvalue weighted by atomic mass is 79.9. The van der Waals surface area contributed by atoms with Gasteiger partial charge in [0, 0.05) is 16.7 Å². The first kappa shape index (κ1) is 19.5. The number of rotatable bonds is 7. The molecule has 1 N–H and O–H groups in total. The van der Waals surface area contributed by atoms with Crippen molar-refractivity contribution in [3.8, 4) is 34.3 Å². The Morgan fingerprint density at radius 1 is 0.966 bits per heavy atom. The fourth-order valence-electron chi connectivity index (χ4n) is 3.16. The first-order valence-electron chi connectivity index (χ1n) is 9.44. The largest absolute Gasteiger partial charge is 0.395 e. The van der Waals surface area contributed by atoms with E-state index < -0.39 is 0 Å². The maximum atomic E-state index is 9.26. The molecule has 0 radical (unpaired) electrons. The summed E-state index contributed by atoms with van der Waals surface area (Å²) < 4.78 is 11.2. The Hall–Kier alpha value is -2.77. The summed E-state index contributed by atoms with van der Waals surface area (Å²) in [7, 11) is 0. The Morgan fingerprint density at radius 2 is 1.72 bits per heavy atom. The first-order valence-corrected chi connectivity index (χ1v) is 10.4. The van der Waals surface area contributed by atoms with Crippen LogP contribution in [0.1, 0.15) is 29.3 Å². The van der Waals surface area contributed by atoms with Crippen LogP contribution in [-0.4, -0.2) is 27.0 Å². The molecule has 0 bridgehead atoms. The van der Waals surface area contributed by atoms with Gasteiger partial charge in [-0.15, -0.1) is 0 Å². The number of hydrogen-bond acceptors (Lipinski definition) is 6. The molecular weight excluding hydrogens is 434 g/mol. The van der Waals surface area contributed by atoms with Crippen molar-refractivity contribution in [1.82, 2.24) is 15.3 Å². The third-order valence-corrected chi connectivity index (χ3v) is 5.46. The Balaban J connectivity index is 1.67. The maximum Gasteiger partial charge on any atom is 0.280 e. The van der Waals surface area contributed by atoms with Gasteiger partial charge in [-0.3, -0.25) is 0 Å². The lowest BCUT2D eigenvalue weighted by atomic mass is 10.0. The molecule has 2 aromatic carbocycles. The second-order valence-electron chi connectivity index (χ2n) is 6.65. The molecule has 0 aliphatic heterocycles. The molecule has 148 valence electrons. The average molecular weight is 454 g/mol. The summed E-state index contributed by atoms with van der Waals surface area (Å²) in [6.45, 7) is 2.14. The van der Waals surface area contributed by atoms with E-state index in [1.54, 1.807) is 0 Å². The van der Waals surface area contributed by atoms with E-state index in [0.717, 1.165) is 40.9 Å². The lowest BCUT2D eigenvalue weighted by molar-refractivity contribution is 0.298. The third-order valence-electron chi connectivity index (χ3n) is 4.64. The summed E-state index contributed by atoms with van der Waals surface area (Å²) in [6, 6.07) is 17.5. The zero-order chi connectivity index (χ0) is 20.2. The number of hydrogen-bond donors (Lipinski definition) is 1. The van der Waals surface area contributed by atoms with Crippen LogP contribution in [0.5, 0.6) is 0 Å². The van der Waals surface area contributed by atoms with Crippen molar-refractivity contribution in [2.75, 3.05) is 6.61 Å². The van der Waals surface area contributed by atoms with Crippen LogP contribution >= 0.6 is 15.9 Å². The highest BCUT2D eigenvalue weighted by Crippen LogP contribution is 2.33. The van der Waals surface area contributed by atoms with Crippen LogP contribution in [-0.2, 0) is 6.42 Å². The van der Waals surface area contributed by atoms with Gasteiger partial charge in [0.25, 0.3) is 5.89 Å².